The molecular weight excluding hydrogens is 307 g/mol. The number of imidazole rings is 1. The summed E-state index contributed by atoms with van der Waals surface area (Å²) in [6.45, 7) is 7.61. The lowest BCUT2D eigenvalue weighted by molar-refractivity contribution is 0.205. The zero-order valence-corrected chi connectivity index (χ0v) is 13.8. The van der Waals surface area contributed by atoms with E-state index < -0.39 is 0 Å². The van der Waals surface area contributed by atoms with Gasteiger partial charge in [0, 0.05) is 30.9 Å². The lowest BCUT2D eigenvalue weighted by Gasteiger charge is -2.27. The smallest absolute Gasteiger partial charge is 0.226 e. The molecule has 2 aromatic heterocycles. The van der Waals surface area contributed by atoms with E-state index in [-0.39, 0.29) is 5.82 Å². The van der Waals surface area contributed by atoms with E-state index in [4.69, 9.17) is 4.42 Å². The van der Waals surface area contributed by atoms with Crippen LogP contribution in [0.3, 0.4) is 0 Å². The van der Waals surface area contributed by atoms with E-state index in [9.17, 15) is 4.39 Å². The van der Waals surface area contributed by atoms with E-state index in [2.05, 4.69) is 33.3 Å². The van der Waals surface area contributed by atoms with Gasteiger partial charge in [-0.05, 0) is 38.1 Å². The molecule has 0 saturated heterocycles. The van der Waals surface area contributed by atoms with Crippen molar-refractivity contribution in [2.75, 3.05) is 6.54 Å². The van der Waals surface area contributed by atoms with Gasteiger partial charge in [-0.2, -0.15) is 0 Å². The second kappa shape index (κ2) is 5.87. The van der Waals surface area contributed by atoms with Crippen molar-refractivity contribution in [3.63, 3.8) is 0 Å². The Morgan fingerprint density at radius 3 is 2.71 bits per heavy atom. The first-order chi connectivity index (χ1) is 11.6. The average molecular weight is 326 g/mol. The summed E-state index contributed by atoms with van der Waals surface area (Å²) in [6, 6.07) is 6.17. The van der Waals surface area contributed by atoms with Gasteiger partial charge < -0.3 is 8.98 Å². The third kappa shape index (κ3) is 2.73. The van der Waals surface area contributed by atoms with Crippen LogP contribution >= 0.6 is 0 Å². The largest absolute Gasteiger partial charge is 0.444 e. The predicted octanol–water partition coefficient (Wildman–Crippen LogP) is 3.31. The van der Waals surface area contributed by atoms with Crippen LogP contribution in [0.2, 0.25) is 0 Å². The first-order valence-corrected chi connectivity index (χ1v) is 8.05. The Balaban J connectivity index is 1.48. The van der Waals surface area contributed by atoms with E-state index in [0.717, 1.165) is 49.0 Å². The van der Waals surface area contributed by atoms with Crippen LogP contribution in [0.15, 0.2) is 34.9 Å². The summed E-state index contributed by atoms with van der Waals surface area (Å²) >= 11 is 0. The van der Waals surface area contributed by atoms with Crippen LogP contribution in [0.5, 0.6) is 0 Å². The second-order valence-electron chi connectivity index (χ2n) is 6.21. The van der Waals surface area contributed by atoms with Crippen LogP contribution < -0.4 is 0 Å². The average Bonchev–Trinajstić information content (AvgIpc) is 3.14. The van der Waals surface area contributed by atoms with Crippen molar-refractivity contribution >= 4 is 0 Å². The first kappa shape index (κ1) is 15.1. The Morgan fingerprint density at radius 1 is 1.12 bits per heavy atom. The fourth-order valence-electron chi connectivity index (χ4n) is 3.13. The SMILES string of the molecule is Cc1nc2n(c1C)CCN(Cc1coc(-c3ccc(F)cc3)n1)C2. The molecule has 24 heavy (non-hydrogen) atoms. The number of aryl methyl sites for hydroxylation is 1. The summed E-state index contributed by atoms with van der Waals surface area (Å²) in [5.41, 5.74) is 4.02. The van der Waals surface area contributed by atoms with Gasteiger partial charge in [0.2, 0.25) is 5.89 Å². The van der Waals surface area contributed by atoms with Gasteiger partial charge >= 0.3 is 0 Å². The number of hydrogen-bond acceptors (Lipinski definition) is 4. The standard InChI is InChI=1S/C18H19FN4O/c1-12-13(2)23-8-7-22(10-17(23)20-12)9-16-11-24-18(21-16)14-3-5-15(19)6-4-14/h3-6,11H,7-10H2,1-2H3. The zero-order valence-electron chi connectivity index (χ0n) is 13.8. The molecule has 1 aromatic carbocycles. The minimum Gasteiger partial charge on any atom is -0.444 e. The lowest BCUT2D eigenvalue weighted by atomic mass is 10.2. The molecule has 3 aromatic rings. The molecule has 1 aliphatic rings. The Hall–Kier alpha value is -2.47. The van der Waals surface area contributed by atoms with Crippen molar-refractivity contribution in [3.05, 3.63) is 59.3 Å². The summed E-state index contributed by atoms with van der Waals surface area (Å²) in [4.78, 5) is 11.5. The Labute approximate surface area is 139 Å². The molecule has 3 heterocycles. The van der Waals surface area contributed by atoms with Crippen LogP contribution in [0.1, 0.15) is 22.9 Å². The van der Waals surface area contributed by atoms with Crippen molar-refractivity contribution in [2.45, 2.75) is 33.5 Å². The minimum atomic E-state index is -0.264. The van der Waals surface area contributed by atoms with Gasteiger partial charge in [0.25, 0.3) is 0 Å². The van der Waals surface area contributed by atoms with Gasteiger partial charge in [0.1, 0.15) is 17.9 Å². The highest BCUT2D eigenvalue weighted by Gasteiger charge is 2.21. The topological polar surface area (TPSA) is 47.1 Å². The molecule has 6 heteroatoms. The maximum atomic E-state index is 13.0. The van der Waals surface area contributed by atoms with Crippen molar-refractivity contribution in [1.29, 1.82) is 0 Å². The second-order valence-corrected chi connectivity index (χ2v) is 6.21. The van der Waals surface area contributed by atoms with Crippen LogP contribution in [0, 0.1) is 19.7 Å². The molecule has 0 atom stereocenters. The first-order valence-electron chi connectivity index (χ1n) is 8.05. The van der Waals surface area contributed by atoms with Crippen LogP contribution in [0.4, 0.5) is 4.39 Å². The van der Waals surface area contributed by atoms with Crippen molar-refractivity contribution in [2.24, 2.45) is 0 Å². The lowest BCUT2D eigenvalue weighted by Crippen LogP contribution is -2.33. The highest BCUT2D eigenvalue weighted by molar-refractivity contribution is 5.52. The summed E-state index contributed by atoms with van der Waals surface area (Å²) < 4.78 is 20.8. The molecule has 0 N–H and O–H groups in total. The van der Waals surface area contributed by atoms with Crippen molar-refractivity contribution < 1.29 is 8.81 Å². The maximum Gasteiger partial charge on any atom is 0.226 e. The zero-order chi connectivity index (χ0) is 16.7. The van der Waals surface area contributed by atoms with Crippen molar-refractivity contribution in [1.82, 2.24) is 19.4 Å². The number of fused-ring (bicyclic) bond motifs is 1. The number of rotatable bonds is 3. The molecule has 0 bridgehead atoms. The minimum absolute atomic E-state index is 0.264. The highest BCUT2D eigenvalue weighted by atomic mass is 19.1. The molecule has 1 aliphatic heterocycles. The van der Waals surface area contributed by atoms with E-state index in [1.165, 1.54) is 17.8 Å². The maximum absolute atomic E-state index is 13.0. The highest BCUT2D eigenvalue weighted by Crippen LogP contribution is 2.22. The summed E-state index contributed by atoms with van der Waals surface area (Å²) in [5.74, 6) is 1.37. The molecule has 4 rings (SSSR count). The molecule has 0 radical (unpaired) electrons. The third-order valence-electron chi connectivity index (χ3n) is 4.57. The van der Waals surface area contributed by atoms with Crippen molar-refractivity contribution in [3.8, 4) is 11.5 Å². The fourth-order valence-corrected chi connectivity index (χ4v) is 3.13. The molecule has 5 nitrogen and oxygen atoms in total. The normalized spacial score (nSPS) is 14.8. The summed E-state index contributed by atoms with van der Waals surface area (Å²) in [5, 5.41) is 0. The van der Waals surface area contributed by atoms with Crippen LogP contribution in [-0.4, -0.2) is 26.0 Å². The summed E-state index contributed by atoms with van der Waals surface area (Å²) in [6.07, 6.45) is 1.68. The summed E-state index contributed by atoms with van der Waals surface area (Å²) in [7, 11) is 0. The molecule has 0 fully saturated rings. The van der Waals surface area contributed by atoms with E-state index in [1.807, 2.05) is 0 Å². The number of aromatic nitrogens is 3. The molecule has 0 unspecified atom stereocenters. The number of oxazole rings is 1. The van der Waals surface area contributed by atoms with Gasteiger partial charge in [-0.3, -0.25) is 4.90 Å². The van der Waals surface area contributed by atoms with Crippen LogP contribution in [0.25, 0.3) is 11.5 Å². The molecule has 124 valence electrons. The van der Waals surface area contributed by atoms with Gasteiger partial charge in [-0.15, -0.1) is 0 Å². The van der Waals surface area contributed by atoms with Gasteiger partial charge in [-0.25, -0.2) is 14.4 Å². The molecule has 0 spiro atoms. The molecule has 0 aliphatic carbocycles. The van der Waals surface area contributed by atoms with E-state index in [1.54, 1.807) is 18.4 Å². The van der Waals surface area contributed by atoms with E-state index in [0.29, 0.717) is 5.89 Å². The molecule has 0 amide bonds. The monoisotopic (exact) mass is 326 g/mol. The Morgan fingerprint density at radius 2 is 1.92 bits per heavy atom. The third-order valence-corrected chi connectivity index (χ3v) is 4.57. The van der Waals surface area contributed by atoms with E-state index >= 15 is 0 Å². The Bertz CT molecular complexity index is 866. The Kier molecular flexibility index (Phi) is 3.69. The van der Waals surface area contributed by atoms with Gasteiger partial charge in [-0.1, -0.05) is 0 Å². The predicted molar refractivity (Wildman–Crippen MR) is 87.7 cm³/mol. The van der Waals surface area contributed by atoms with Gasteiger partial charge in [0.05, 0.1) is 17.9 Å². The number of benzene rings is 1. The fraction of sp³-hybridized carbons (Fsp3) is 0.333. The number of halogens is 1. The molecule has 0 saturated carbocycles. The quantitative estimate of drug-likeness (QED) is 0.741. The molecular formula is C18H19FN4O. The number of hydrogen-bond donors (Lipinski definition) is 0. The van der Waals surface area contributed by atoms with Crippen LogP contribution in [-0.2, 0) is 19.6 Å². The van der Waals surface area contributed by atoms with Gasteiger partial charge in [0.15, 0.2) is 0 Å². The number of nitrogens with zero attached hydrogens (tertiary/aromatic N) is 4.